The van der Waals surface area contributed by atoms with Crippen molar-refractivity contribution in [1.29, 1.82) is 0 Å². The molecule has 3 aromatic heterocycles. The zero-order valence-corrected chi connectivity index (χ0v) is 15.4. The standard InChI is InChI=1S/C18H14N4O2S2/c1-10-15(26-17(20-10)13-7-4-8-25-13)18(23)24-9-14-21-12-6-3-2-5-11(12)16(19)22-14/h2-8H,9H2,1H3,(H2,19,21,22). The van der Waals surface area contributed by atoms with Gasteiger partial charge in [-0.25, -0.2) is 19.7 Å². The molecule has 0 bridgehead atoms. The quantitative estimate of drug-likeness (QED) is 0.535. The number of aryl methyl sites for hydroxylation is 1. The second kappa shape index (κ2) is 6.81. The van der Waals surface area contributed by atoms with Crippen LogP contribution in [0.1, 0.15) is 21.2 Å². The third-order valence-corrected chi connectivity index (χ3v) is 5.90. The van der Waals surface area contributed by atoms with Crippen LogP contribution in [0.15, 0.2) is 41.8 Å². The average molecular weight is 382 g/mol. The Labute approximate surface area is 157 Å². The first-order valence-electron chi connectivity index (χ1n) is 7.81. The molecule has 0 amide bonds. The lowest BCUT2D eigenvalue weighted by atomic mass is 10.2. The molecule has 0 atom stereocenters. The van der Waals surface area contributed by atoms with Crippen molar-refractivity contribution >= 4 is 45.4 Å². The molecule has 130 valence electrons. The van der Waals surface area contributed by atoms with Crippen LogP contribution in [0.25, 0.3) is 20.8 Å². The van der Waals surface area contributed by atoms with Crippen molar-refractivity contribution in [1.82, 2.24) is 15.0 Å². The number of nitrogens with zero attached hydrogens (tertiary/aromatic N) is 3. The van der Waals surface area contributed by atoms with Crippen LogP contribution in [0.3, 0.4) is 0 Å². The number of carbonyl (C=O) groups excluding carboxylic acids is 1. The molecule has 4 aromatic rings. The smallest absolute Gasteiger partial charge is 0.350 e. The summed E-state index contributed by atoms with van der Waals surface area (Å²) in [5, 5.41) is 3.57. The van der Waals surface area contributed by atoms with Crippen molar-refractivity contribution in [3.8, 4) is 9.88 Å². The molecule has 0 radical (unpaired) electrons. The second-order valence-electron chi connectivity index (χ2n) is 5.53. The van der Waals surface area contributed by atoms with Gasteiger partial charge in [0.25, 0.3) is 0 Å². The third kappa shape index (κ3) is 3.16. The Morgan fingerprint density at radius 3 is 2.81 bits per heavy atom. The molecule has 0 aliphatic heterocycles. The molecule has 0 saturated carbocycles. The summed E-state index contributed by atoms with van der Waals surface area (Å²) in [4.78, 5) is 27.0. The van der Waals surface area contributed by atoms with Crippen molar-refractivity contribution in [2.75, 3.05) is 5.73 Å². The fourth-order valence-corrected chi connectivity index (χ4v) is 4.26. The highest BCUT2D eigenvalue weighted by Gasteiger charge is 2.18. The minimum absolute atomic E-state index is 0.0421. The summed E-state index contributed by atoms with van der Waals surface area (Å²) in [5.41, 5.74) is 7.33. The first kappa shape index (κ1) is 16.6. The van der Waals surface area contributed by atoms with Crippen LogP contribution in [0.5, 0.6) is 0 Å². The topological polar surface area (TPSA) is 91.0 Å². The monoisotopic (exact) mass is 382 g/mol. The van der Waals surface area contributed by atoms with Gasteiger partial charge in [-0.15, -0.1) is 22.7 Å². The Morgan fingerprint density at radius 1 is 1.15 bits per heavy atom. The summed E-state index contributed by atoms with van der Waals surface area (Å²) < 4.78 is 5.38. The minimum Gasteiger partial charge on any atom is -0.453 e. The van der Waals surface area contributed by atoms with Gasteiger partial charge in [0.2, 0.25) is 0 Å². The molecule has 0 unspecified atom stereocenters. The van der Waals surface area contributed by atoms with Gasteiger partial charge >= 0.3 is 5.97 Å². The molecule has 0 aliphatic rings. The molecule has 0 aliphatic carbocycles. The lowest BCUT2D eigenvalue weighted by Gasteiger charge is -2.06. The van der Waals surface area contributed by atoms with Gasteiger partial charge in [0.05, 0.1) is 16.1 Å². The van der Waals surface area contributed by atoms with Crippen molar-refractivity contribution in [2.45, 2.75) is 13.5 Å². The van der Waals surface area contributed by atoms with Gasteiger partial charge in [0.15, 0.2) is 12.4 Å². The molecule has 6 nitrogen and oxygen atoms in total. The molecule has 0 fully saturated rings. The zero-order chi connectivity index (χ0) is 18.1. The number of hydrogen-bond donors (Lipinski definition) is 1. The number of thiophene rings is 1. The van der Waals surface area contributed by atoms with E-state index in [4.69, 9.17) is 10.5 Å². The van der Waals surface area contributed by atoms with E-state index in [0.717, 1.165) is 20.8 Å². The lowest BCUT2D eigenvalue weighted by molar-refractivity contribution is 0.0467. The van der Waals surface area contributed by atoms with E-state index in [9.17, 15) is 4.79 Å². The van der Waals surface area contributed by atoms with Crippen LogP contribution >= 0.6 is 22.7 Å². The van der Waals surface area contributed by atoms with Crippen molar-refractivity contribution < 1.29 is 9.53 Å². The highest BCUT2D eigenvalue weighted by Crippen LogP contribution is 2.31. The molecule has 3 heterocycles. The van der Waals surface area contributed by atoms with E-state index in [2.05, 4.69) is 15.0 Å². The fourth-order valence-electron chi connectivity index (χ4n) is 2.50. The maximum atomic E-state index is 12.4. The molecule has 2 N–H and O–H groups in total. The van der Waals surface area contributed by atoms with Gasteiger partial charge in [0.1, 0.15) is 15.7 Å². The fraction of sp³-hybridized carbons (Fsp3) is 0.111. The molecule has 0 spiro atoms. The highest BCUT2D eigenvalue weighted by molar-refractivity contribution is 7.22. The number of anilines is 1. The number of nitrogen functional groups attached to an aromatic ring is 1. The number of thiazole rings is 1. The SMILES string of the molecule is Cc1nc(-c2cccs2)sc1C(=O)OCc1nc(N)c2ccccc2n1. The van der Waals surface area contributed by atoms with Crippen molar-refractivity contribution in [2.24, 2.45) is 0 Å². The minimum atomic E-state index is -0.432. The van der Waals surface area contributed by atoms with Crippen molar-refractivity contribution in [3.63, 3.8) is 0 Å². The van der Waals surface area contributed by atoms with Gasteiger partial charge in [-0.1, -0.05) is 18.2 Å². The van der Waals surface area contributed by atoms with Crippen LogP contribution in [0.4, 0.5) is 5.82 Å². The lowest BCUT2D eigenvalue weighted by Crippen LogP contribution is -2.08. The Bertz CT molecular complexity index is 1090. The van der Waals surface area contributed by atoms with E-state index in [-0.39, 0.29) is 6.61 Å². The molecule has 0 saturated heterocycles. The summed E-state index contributed by atoms with van der Waals surface area (Å²) in [6.45, 7) is 1.76. The predicted molar refractivity (Wildman–Crippen MR) is 103 cm³/mol. The van der Waals surface area contributed by atoms with Crippen LogP contribution in [0, 0.1) is 6.92 Å². The number of rotatable bonds is 4. The number of aromatic nitrogens is 3. The average Bonchev–Trinajstić information content (AvgIpc) is 3.29. The second-order valence-corrected chi connectivity index (χ2v) is 7.48. The maximum Gasteiger partial charge on any atom is 0.350 e. The normalized spacial score (nSPS) is 11.0. The van der Waals surface area contributed by atoms with E-state index in [1.54, 1.807) is 18.3 Å². The summed E-state index contributed by atoms with van der Waals surface area (Å²) in [6.07, 6.45) is 0. The number of carbonyl (C=O) groups is 1. The molecule has 1 aromatic carbocycles. The number of esters is 1. The number of benzene rings is 1. The highest BCUT2D eigenvalue weighted by atomic mass is 32.1. The van der Waals surface area contributed by atoms with E-state index in [1.165, 1.54) is 11.3 Å². The van der Waals surface area contributed by atoms with Crippen molar-refractivity contribution in [3.05, 3.63) is 58.2 Å². The molecule has 8 heteroatoms. The summed E-state index contributed by atoms with van der Waals surface area (Å²) in [6, 6.07) is 11.4. The van der Waals surface area contributed by atoms with Gasteiger partial charge < -0.3 is 10.5 Å². The van der Waals surface area contributed by atoms with E-state index < -0.39 is 5.97 Å². The van der Waals surface area contributed by atoms with Crippen LogP contribution in [-0.4, -0.2) is 20.9 Å². The first-order chi connectivity index (χ1) is 12.6. The maximum absolute atomic E-state index is 12.4. The number of hydrogen-bond acceptors (Lipinski definition) is 8. The third-order valence-electron chi connectivity index (χ3n) is 3.73. The van der Waals surface area contributed by atoms with Crippen LogP contribution in [-0.2, 0) is 11.3 Å². The Morgan fingerprint density at radius 2 is 2.00 bits per heavy atom. The van der Waals surface area contributed by atoms with Crippen LogP contribution < -0.4 is 5.73 Å². The van der Waals surface area contributed by atoms with E-state index >= 15 is 0 Å². The van der Waals surface area contributed by atoms with Gasteiger partial charge in [0, 0.05) is 5.39 Å². The Kier molecular flexibility index (Phi) is 4.36. The van der Waals surface area contributed by atoms with E-state index in [1.807, 2.05) is 41.8 Å². The van der Waals surface area contributed by atoms with Gasteiger partial charge in [-0.05, 0) is 30.5 Å². The Hall–Kier alpha value is -2.84. The molecular weight excluding hydrogens is 368 g/mol. The van der Waals surface area contributed by atoms with E-state index in [0.29, 0.717) is 22.2 Å². The predicted octanol–water partition coefficient (Wildman–Crippen LogP) is 4.06. The van der Waals surface area contributed by atoms with Crippen LogP contribution in [0.2, 0.25) is 0 Å². The number of para-hydroxylation sites is 1. The number of fused-ring (bicyclic) bond motifs is 1. The van der Waals surface area contributed by atoms with Gasteiger partial charge in [-0.3, -0.25) is 0 Å². The summed E-state index contributed by atoms with van der Waals surface area (Å²) in [7, 11) is 0. The Balaban J connectivity index is 1.52. The number of ether oxygens (including phenoxy) is 1. The summed E-state index contributed by atoms with van der Waals surface area (Å²) >= 11 is 2.91. The molecular formula is C18H14N4O2S2. The van der Waals surface area contributed by atoms with Gasteiger partial charge in [-0.2, -0.15) is 0 Å². The molecule has 26 heavy (non-hydrogen) atoms. The zero-order valence-electron chi connectivity index (χ0n) is 13.8. The summed E-state index contributed by atoms with van der Waals surface area (Å²) in [5.74, 6) is 0.309. The molecule has 4 rings (SSSR count). The largest absolute Gasteiger partial charge is 0.453 e. The number of nitrogens with two attached hydrogens (primary N) is 1. The first-order valence-corrected chi connectivity index (χ1v) is 9.51.